The Morgan fingerprint density at radius 1 is 1.25 bits per heavy atom. The molecule has 0 aliphatic carbocycles. The summed E-state index contributed by atoms with van der Waals surface area (Å²) in [6.07, 6.45) is -0.353. The molecule has 1 atom stereocenters. The smallest absolute Gasteiger partial charge is 0.411 e. The second kappa shape index (κ2) is 3.81. The highest BCUT2D eigenvalue weighted by molar-refractivity contribution is 5.71. The van der Waals surface area contributed by atoms with Crippen LogP contribution in [-0.4, -0.2) is 23.1 Å². The Labute approximate surface area is 96.0 Å². The summed E-state index contributed by atoms with van der Waals surface area (Å²) in [5.41, 5.74) is 0.878. The lowest BCUT2D eigenvalue weighted by molar-refractivity contribution is 0.120. The lowest BCUT2D eigenvalue weighted by Crippen LogP contribution is -2.41. The van der Waals surface area contributed by atoms with E-state index in [0.717, 1.165) is 5.56 Å². The van der Waals surface area contributed by atoms with Gasteiger partial charge in [0.2, 0.25) is 0 Å². The minimum absolute atomic E-state index is 0.132. The number of nitrogens with zero attached hydrogens (tertiary/aromatic N) is 1. The Kier molecular flexibility index (Phi) is 2.62. The molecule has 0 aromatic heterocycles. The third-order valence-corrected chi connectivity index (χ3v) is 2.79. The summed E-state index contributed by atoms with van der Waals surface area (Å²) in [7, 11) is 0. The van der Waals surface area contributed by atoms with Crippen LogP contribution in [0.15, 0.2) is 30.3 Å². The van der Waals surface area contributed by atoms with Crippen molar-refractivity contribution in [1.29, 1.82) is 0 Å². The van der Waals surface area contributed by atoms with Crippen LogP contribution in [-0.2, 0) is 4.74 Å². The molecule has 1 heterocycles. The molecule has 1 aromatic rings. The van der Waals surface area contributed by atoms with Gasteiger partial charge in [-0.15, -0.1) is 0 Å². The van der Waals surface area contributed by atoms with Crippen molar-refractivity contribution in [2.24, 2.45) is 0 Å². The van der Waals surface area contributed by atoms with E-state index in [1.807, 2.05) is 51.1 Å². The number of benzene rings is 1. The highest BCUT2D eigenvalue weighted by Gasteiger charge is 2.38. The molecule has 0 saturated carbocycles. The third kappa shape index (κ3) is 2.03. The Morgan fingerprint density at radius 3 is 2.38 bits per heavy atom. The van der Waals surface area contributed by atoms with E-state index in [0.29, 0.717) is 6.54 Å². The average molecular weight is 219 g/mol. The molecular weight excluding hydrogens is 202 g/mol. The van der Waals surface area contributed by atoms with Gasteiger partial charge in [-0.2, -0.15) is 0 Å². The minimum Gasteiger partial charge on any atom is -0.439 e. The third-order valence-electron chi connectivity index (χ3n) is 2.79. The van der Waals surface area contributed by atoms with E-state index in [-0.39, 0.29) is 17.7 Å². The molecule has 0 N–H and O–H groups in total. The molecule has 1 unspecified atom stereocenters. The fourth-order valence-corrected chi connectivity index (χ4v) is 1.85. The van der Waals surface area contributed by atoms with Gasteiger partial charge in [0.1, 0.15) is 6.10 Å². The van der Waals surface area contributed by atoms with Crippen molar-refractivity contribution in [1.82, 2.24) is 4.90 Å². The van der Waals surface area contributed by atoms with Crippen LogP contribution in [0.5, 0.6) is 0 Å². The molecule has 1 aliphatic rings. The summed E-state index contributed by atoms with van der Waals surface area (Å²) in [4.78, 5) is 13.5. The molecule has 1 amide bonds. The van der Waals surface area contributed by atoms with Crippen LogP contribution in [0, 0.1) is 0 Å². The Balaban J connectivity index is 2.16. The molecule has 16 heavy (non-hydrogen) atoms. The SMILES string of the molecule is CC(C)(C)N1CC(c2ccccc2)OC1=O. The van der Waals surface area contributed by atoms with Gasteiger partial charge < -0.3 is 4.74 Å². The van der Waals surface area contributed by atoms with Gasteiger partial charge in [-0.05, 0) is 26.3 Å². The molecule has 86 valence electrons. The molecule has 1 saturated heterocycles. The lowest BCUT2D eigenvalue weighted by Gasteiger charge is -2.29. The second-order valence-electron chi connectivity index (χ2n) is 5.06. The second-order valence-corrected chi connectivity index (χ2v) is 5.06. The number of ether oxygens (including phenoxy) is 1. The van der Waals surface area contributed by atoms with Crippen LogP contribution in [0.3, 0.4) is 0 Å². The highest BCUT2D eigenvalue weighted by Crippen LogP contribution is 2.30. The summed E-state index contributed by atoms with van der Waals surface area (Å²) in [5, 5.41) is 0. The van der Waals surface area contributed by atoms with Crippen LogP contribution in [0.1, 0.15) is 32.4 Å². The number of amides is 1. The monoisotopic (exact) mass is 219 g/mol. The first-order valence-corrected chi connectivity index (χ1v) is 5.51. The molecular formula is C13H17NO2. The predicted octanol–water partition coefficient (Wildman–Crippen LogP) is 2.98. The molecule has 0 spiro atoms. The number of hydrogen-bond donors (Lipinski definition) is 0. The van der Waals surface area contributed by atoms with Crippen molar-refractivity contribution in [3.8, 4) is 0 Å². The summed E-state index contributed by atoms with van der Waals surface area (Å²) >= 11 is 0. The molecule has 1 aliphatic heterocycles. The maximum absolute atomic E-state index is 11.7. The number of carbonyl (C=O) groups is 1. The van der Waals surface area contributed by atoms with Crippen molar-refractivity contribution in [3.05, 3.63) is 35.9 Å². The number of carbonyl (C=O) groups excluding carboxylic acids is 1. The average Bonchev–Trinajstić information content (AvgIpc) is 2.61. The van der Waals surface area contributed by atoms with Gasteiger partial charge in [-0.1, -0.05) is 30.3 Å². The summed E-state index contributed by atoms with van der Waals surface area (Å²) in [5.74, 6) is 0. The standard InChI is InChI=1S/C13H17NO2/c1-13(2,3)14-9-11(16-12(14)15)10-7-5-4-6-8-10/h4-8,11H,9H2,1-3H3. The zero-order chi connectivity index (χ0) is 11.8. The fourth-order valence-electron chi connectivity index (χ4n) is 1.85. The molecule has 3 nitrogen and oxygen atoms in total. The van der Waals surface area contributed by atoms with Crippen molar-refractivity contribution in [3.63, 3.8) is 0 Å². The first kappa shape index (κ1) is 11.0. The summed E-state index contributed by atoms with van der Waals surface area (Å²) < 4.78 is 5.37. The summed E-state index contributed by atoms with van der Waals surface area (Å²) in [6, 6.07) is 9.86. The molecule has 1 aromatic carbocycles. The van der Waals surface area contributed by atoms with Crippen LogP contribution in [0.25, 0.3) is 0 Å². The van der Waals surface area contributed by atoms with Crippen LogP contribution >= 0.6 is 0 Å². The minimum atomic E-state index is -0.221. The highest BCUT2D eigenvalue weighted by atomic mass is 16.6. The van der Waals surface area contributed by atoms with Gasteiger partial charge in [0, 0.05) is 5.54 Å². The van der Waals surface area contributed by atoms with Gasteiger partial charge in [-0.3, -0.25) is 4.90 Å². The maximum atomic E-state index is 11.7. The number of cyclic esters (lactones) is 1. The molecule has 2 rings (SSSR count). The summed E-state index contributed by atoms with van der Waals surface area (Å²) in [6.45, 7) is 6.68. The zero-order valence-electron chi connectivity index (χ0n) is 9.93. The van der Waals surface area contributed by atoms with E-state index >= 15 is 0 Å². The Bertz CT molecular complexity index is 381. The van der Waals surface area contributed by atoms with Crippen molar-refractivity contribution in [2.75, 3.05) is 6.54 Å². The maximum Gasteiger partial charge on any atom is 0.411 e. The quantitative estimate of drug-likeness (QED) is 0.726. The molecule has 0 radical (unpaired) electrons. The van der Waals surface area contributed by atoms with Gasteiger partial charge in [0.25, 0.3) is 0 Å². The Morgan fingerprint density at radius 2 is 1.88 bits per heavy atom. The normalized spacial score (nSPS) is 21.1. The van der Waals surface area contributed by atoms with Gasteiger partial charge in [-0.25, -0.2) is 4.79 Å². The van der Waals surface area contributed by atoms with E-state index in [1.165, 1.54) is 0 Å². The van der Waals surface area contributed by atoms with Gasteiger partial charge in [0.05, 0.1) is 6.54 Å². The van der Waals surface area contributed by atoms with Crippen LogP contribution in [0.4, 0.5) is 4.79 Å². The Hall–Kier alpha value is -1.51. The van der Waals surface area contributed by atoms with E-state index in [2.05, 4.69) is 0 Å². The molecule has 1 fully saturated rings. The van der Waals surface area contributed by atoms with E-state index in [1.54, 1.807) is 4.90 Å². The topological polar surface area (TPSA) is 29.5 Å². The van der Waals surface area contributed by atoms with Crippen LogP contribution in [0.2, 0.25) is 0 Å². The van der Waals surface area contributed by atoms with E-state index < -0.39 is 0 Å². The first-order valence-electron chi connectivity index (χ1n) is 5.51. The van der Waals surface area contributed by atoms with Crippen molar-refractivity contribution < 1.29 is 9.53 Å². The van der Waals surface area contributed by atoms with Crippen molar-refractivity contribution in [2.45, 2.75) is 32.4 Å². The molecule has 3 heteroatoms. The number of rotatable bonds is 1. The fraction of sp³-hybridized carbons (Fsp3) is 0.462. The number of hydrogen-bond acceptors (Lipinski definition) is 2. The lowest BCUT2D eigenvalue weighted by atomic mass is 10.1. The van der Waals surface area contributed by atoms with Crippen LogP contribution < -0.4 is 0 Å². The van der Waals surface area contributed by atoms with E-state index in [4.69, 9.17) is 4.74 Å². The predicted molar refractivity (Wildman–Crippen MR) is 62.1 cm³/mol. The van der Waals surface area contributed by atoms with Crippen molar-refractivity contribution >= 4 is 6.09 Å². The first-order chi connectivity index (χ1) is 7.48. The van der Waals surface area contributed by atoms with E-state index in [9.17, 15) is 4.79 Å². The molecule has 0 bridgehead atoms. The van der Waals surface area contributed by atoms with Gasteiger partial charge >= 0.3 is 6.09 Å². The zero-order valence-corrected chi connectivity index (χ0v) is 9.93. The largest absolute Gasteiger partial charge is 0.439 e. The van der Waals surface area contributed by atoms with Gasteiger partial charge in [0.15, 0.2) is 0 Å².